The average Bonchev–Trinajstić information content (AvgIpc) is 3.05. The summed E-state index contributed by atoms with van der Waals surface area (Å²) in [5, 5.41) is 14.2. The number of anilines is 1. The molecule has 3 rings (SSSR count). The number of thiazole rings is 1. The molecule has 112 valence electrons. The van der Waals surface area contributed by atoms with Gasteiger partial charge in [0.1, 0.15) is 0 Å². The number of nitrogens with one attached hydrogen (secondary N) is 1. The fourth-order valence-corrected chi connectivity index (χ4v) is 2.74. The largest absolute Gasteiger partial charge is 0.296 e. The number of amides is 1. The van der Waals surface area contributed by atoms with Crippen molar-refractivity contribution in [2.75, 3.05) is 5.32 Å². The Bertz CT molecular complexity index is 841. The molecule has 8 heteroatoms. The zero-order chi connectivity index (χ0) is 15.7. The van der Waals surface area contributed by atoms with Crippen molar-refractivity contribution in [2.24, 2.45) is 0 Å². The first kappa shape index (κ1) is 14.7. The van der Waals surface area contributed by atoms with Crippen LogP contribution >= 0.6 is 22.9 Å². The Labute approximate surface area is 135 Å². The molecule has 0 aliphatic carbocycles. The highest BCUT2D eigenvalue weighted by Gasteiger charge is 2.17. The molecule has 1 aromatic carbocycles. The van der Waals surface area contributed by atoms with E-state index in [1.165, 1.54) is 16.1 Å². The van der Waals surface area contributed by atoms with Crippen LogP contribution in [0.5, 0.6) is 0 Å². The second-order valence-electron chi connectivity index (χ2n) is 4.65. The number of halogens is 1. The number of carbonyl (C=O) groups excluding carboxylic acids is 1. The summed E-state index contributed by atoms with van der Waals surface area (Å²) in [7, 11) is 0. The van der Waals surface area contributed by atoms with Gasteiger partial charge in [-0.2, -0.15) is 9.90 Å². The maximum Gasteiger partial charge on any atom is 0.279 e. The summed E-state index contributed by atoms with van der Waals surface area (Å²) in [5.41, 5.74) is 2.35. The fraction of sp³-hybridized carbons (Fsp3) is 0.143. The molecule has 3 aromatic rings. The van der Waals surface area contributed by atoms with Crippen molar-refractivity contribution < 1.29 is 4.79 Å². The van der Waals surface area contributed by atoms with Crippen LogP contribution in [0.2, 0.25) is 5.02 Å². The van der Waals surface area contributed by atoms with Crippen molar-refractivity contribution >= 4 is 34.0 Å². The minimum Gasteiger partial charge on any atom is -0.296 e. The van der Waals surface area contributed by atoms with E-state index < -0.39 is 0 Å². The van der Waals surface area contributed by atoms with E-state index in [0.29, 0.717) is 21.5 Å². The Balaban J connectivity index is 1.87. The van der Waals surface area contributed by atoms with Gasteiger partial charge in [-0.15, -0.1) is 16.4 Å². The van der Waals surface area contributed by atoms with Crippen LogP contribution in [0.3, 0.4) is 0 Å². The van der Waals surface area contributed by atoms with Crippen LogP contribution < -0.4 is 5.32 Å². The number of hydrogen-bond donors (Lipinski definition) is 1. The van der Waals surface area contributed by atoms with Crippen molar-refractivity contribution in [1.82, 2.24) is 20.0 Å². The van der Waals surface area contributed by atoms with Crippen LogP contribution in [0.1, 0.15) is 21.9 Å². The highest BCUT2D eigenvalue weighted by Crippen LogP contribution is 2.17. The zero-order valence-electron chi connectivity index (χ0n) is 11.9. The molecule has 0 radical (unpaired) electrons. The molecular weight excluding hydrogens is 322 g/mol. The van der Waals surface area contributed by atoms with E-state index in [4.69, 9.17) is 11.6 Å². The monoisotopic (exact) mass is 333 g/mol. The van der Waals surface area contributed by atoms with Crippen LogP contribution in [0.25, 0.3) is 5.69 Å². The summed E-state index contributed by atoms with van der Waals surface area (Å²) < 4.78 is 0. The van der Waals surface area contributed by atoms with E-state index in [1.54, 1.807) is 25.1 Å². The summed E-state index contributed by atoms with van der Waals surface area (Å²) in [6, 6.07) is 7.11. The van der Waals surface area contributed by atoms with E-state index in [9.17, 15) is 4.79 Å². The molecule has 0 saturated heterocycles. The Kier molecular flexibility index (Phi) is 3.91. The molecule has 0 aliphatic heterocycles. The third-order valence-corrected chi connectivity index (χ3v) is 3.99. The molecule has 2 heterocycles. The molecule has 0 saturated carbocycles. The molecule has 1 N–H and O–H groups in total. The van der Waals surface area contributed by atoms with Crippen molar-refractivity contribution in [3.63, 3.8) is 0 Å². The van der Waals surface area contributed by atoms with Gasteiger partial charge in [0.25, 0.3) is 5.91 Å². The zero-order valence-corrected chi connectivity index (χ0v) is 13.4. The molecule has 0 spiro atoms. The fourth-order valence-electron chi connectivity index (χ4n) is 1.87. The Hall–Kier alpha value is -2.25. The SMILES string of the molecule is Cc1csc(NC(=O)c2nn(-c3cccc(Cl)c3)nc2C)n1. The molecule has 0 unspecified atom stereocenters. The highest BCUT2D eigenvalue weighted by molar-refractivity contribution is 7.13. The molecule has 0 bridgehead atoms. The number of benzene rings is 1. The number of aromatic nitrogens is 4. The topological polar surface area (TPSA) is 72.7 Å². The van der Waals surface area contributed by atoms with Gasteiger partial charge in [0, 0.05) is 10.4 Å². The van der Waals surface area contributed by atoms with Gasteiger partial charge in [-0.1, -0.05) is 17.7 Å². The Morgan fingerprint density at radius 1 is 1.32 bits per heavy atom. The van der Waals surface area contributed by atoms with Gasteiger partial charge < -0.3 is 0 Å². The van der Waals surface area contributed by atoms with E-state index in [1.807, 2.05) is 18.4 Å². The third kappa shape index (κ3) is 3.00. The third-order valence-electron chi connectivity index (χ3n) is 2.88. The highest BCUT2D eigenvalue weighted by atomic mass is 35.5. The van der Waals surface area contributed by atoms with Gasteiger partial charge in [-0.25, -0.2) is 4.98 Å². The molecule has 0 fully saturated rings. The van der Waals surface area contributed by atoms with E-state index >= 15 is 0 Å². The smallest absolute Gasteiger partial charge is 0.279 e. The predicted octanol–water partition coefficient (Wildman–Crippen LogP) is 3.25. The van der Waals surface area contributed by atoms with Crippen molar-refractivity contribution in [3.8, 4) is 5.69 Å². The van der Waals surface area contributed by atoms with Gasteiger partial charge in [0.05, 0.1) is 17.1 Å². The molecule has 0 aliphatic rings. The second kappa shape index (κ2) is 5.86. The average molecular weight is 334 g/mol. The number of carbonyl (C=O) groups is 1. The maximum absolute atomic E-state index is 12.3. The van der Waals surface area contributed by atoms with E-state index in [0.717, 1.165) is 5.69 Å². The number of aryl methyl sites for hydroxylation is 2. The van der Waals surface area contributed by atoms with Crippen LogP contribution in [-0.4, -0.2) is 25.9 Å². The van der Waals surface area contributed by atoms with Gasteiger partial charge in [-0.05, 0) is 32.0 Å². The Morgan fingerprint density at radius 3 is 2.82 bits per heavy atom. The number of nitrogens with zero attached hydrogens (tertiary/aromatic N) is 4. The lowest BCUT2D eigenvalue weighted by Gasteiger charge is -1.99. The minimum atomic E-state index is -0.333. The first-order valence-corrected chi connectivity index (χ1v) is 7.72. The molecule has 1 amide bonds. The molecular formula is C14H12ClN5OS. The van der Waals surface area contributed by atoms with Crippen molar-refractivity contribution in [3.05, 3.63) is 51.7 Å². The Morgan fingerprint density at radius 2 is 2.14 bits per heavy atom. The number of rotatable bonds is 3. The molecule has 22 heavy (non-hydrogen) atoms. The standard InChI is InChI=1S/C14H12ClN5OS/c1-8-7-22-14(16-8)17-13(21)12-9(2)18-20(19-12)11-5-3-4-10(15)6-11/h3-7H,1-2H3,(H,16,17,21). The van der Waals surface area contributed by atoms with Crippen molar-refractivity contribution in [2.45, 2.75) is 13.8 Å². The summed E-state index contributed by atoms with van der Waals surface area (Å²) in [4.78, 5) is 17.9. The molecule has 6 nitrogen and oxygen atoms in total. The van der Waals surface area contributed by atoms with Gasteiger partial charge >= 0.3 is 0 Å². The van der Waals surface area contributed by atoms with Crippen LogP contribution in [0.15, 0.2) is 29.6 Å². The lowest BCUT2D eigenvalue weighted by Crippen LogP contribution is -2.14. The predicted molar refractivity (Wildman–Crippen MR) is 85.9 cm³/mol. The lowest BCUT2D eigenvalue weighted by molar-refractivity contribution is 0.102. The van der Waals surface area contributed by atoms with Crippen molar-refractivity contribution in [1.29, 1.82) is 0 Å². The van der Waals surface area contributed by atoms with Crippen LogP contribution in [0.4, 0.5) is 5.13 Å². The number of hydrogen-bond acceptors (Lipinski definition) is 5. The van der Waals surface area contributed by atoms with Crippen LogP contribution in [0, 0.1) is 13.8 Å². The molecule has 2 aromatic heterocycles. The summed E-state index contributed by atoms with van der Waals surface area (Å²) in [5.74, 6) is -0.333. The van der Waals surface area contributed by atoms with Crippen LogP contribution in [-0.2, 0) is 0 Å². The molecule has 0 atom stereocenters. The van der Waals surface area contributed by atoms with E-state index in [2.05, 4.69) is 20.5 Å². The van der Waals surface area contributed by atoms with Gasteiger partial charge in [0.15, 0.2) is 10.8 Å². The lowest BCUT2D eigenvalue weighted by atomic mass is 10.3. The summed E-state index contributed by atoms with van der Waals surface area (Å²) in [6.45, 7) is 3.60. The van der Waals surface area contributed by atoms with Gasteiger partial charge in [-0.3, -0.25) is 10.1 Å². The summed E-state index contributed by atoms with van der Waals surface area (Å²) >= 11 is 7.33. The second-order valence-corrected chi connectivity index (χ2v) is 5.95. The quantitative estimate of drug-likeness (QED) is 0.798. The summed E-state index contributed by atoms with van der Waals surface area (Å²) in [6.07, 6.45) is 0. The van der Waals surface area contributed by atoms with Gasteiger partial charge in [0.2, 0.25) is 0 Å². The minimum absolute atomic E-state index is 0.257. The first-order chi connectivity index (χ1) is 10.5. The first-order valence-electron chi connectivity index (χ1n) is 6.46. The normalized spacial score (nSPS) is 10.7. The van der Waals surface area contributed by atoms with E-state index in [-0.39, 0.29) is 11.6 Å². The maximum atomic E-state index is 12.3.